The van der Waals surface area contributed by atoms with Crippen molar-refractivity contribution >= 4 is 11.8 Å². The minimum absolute atomic E-state index is 0.0139. The molecule has 6 heteroatoms. The van der Waals surface area contributed by atoms with Gasteiger partial charge in [0.1, 0.15) is 5.82 Å². The van der Waals surface area contributed by atoms with Gasteiger partial charge in [-0.3, -0.25) is 9.59 Å². The molecule has 3 aromatic rings. The summed E-state index contributed by atoms with van der Waals surface area (Å²) >= 11 is 0. The average molecular weight is 420 g/mol. The van der Waals surface area contributed by atoms with Gasteiger partial charge in [0.25, 0.3) is 5.91 Å². The largest absolute Gasteiger partial charge is 0.352 e. The van der Waals surface area contributed by atoms with Gasteiger partial charge in [-0.2, -0.15) is 0 Å². The number of nitrogens with one attached hydrogen (secondary N) is 1. The quantitative estimate of drug-likeness (QED) is 0.588. The van der Waals surface area contributed by atoms with Crippen LogP contribution >= 0.6 is 0 Å². The number of hydrogen-bond donors (Lipinski definition) is 2. The Labute approximate surface area is 181 Å². The highest BCUT2D eigenvalue weighted by Crippen LogP contribution is 2.21. The maximum absolute atomic E-state index is 13.7. The lowest BCUT2D eigenvalue weighted by atomic mass is 10.0. The Morgan fingerprint density at radius 2 is 1.71 bits per heavy atom. The molecule has 0 saturated heterocycles. The summed E-state index contributed by atoms with van der Waals surface area (Å²) in [4.78, 5) is 25.7. The fourth-order valence-corrected chi connectivity index (χ4v) is 3.30. The molecule has 0 saturated carbocycles. The molecule has 0 spiro atoms. The van der Waals surface area contributed by atoms with Crippen molar-refractivity contribution in [3.63, 3.8) is 0 Å². The van der Waals surface area contributed by atoms with Crippen LogP contribution in [0.4, 0.5) is 4.39 Å². The van der Waals surface area contributed by atoms with E-state index in [2.05, 4.69) is 5.32 Å². The van der Waals surface area contributed by atoms with Crippen molar-refractivity contribution in [2.24, 2.45) is 5.73 Å². The zero-order valence-corrected chi connectivity index (χ0v) is 17.5. The van der Waals surface area contributed by atoms with Crippen LogP contribution in [0.25, 0.3) is 11.1 Å². The number of hydrogen-bond acceptors (Lipinski definition) is 3. The molecule has 0 atom stereocenters. The molecule has 0 fully saturated rings. The predicted molar refractivity (Wildman–Crippen MR) is 120 cm³/mol. The number of amides is 2. The zero-order chi connectivity index (χ0) is 22.2. The minimum Gasteiger partial charge on any atom is -0.352 e. The Bertz CT molecular complexity index is 1050. The van der Waals surface area contributed by atoms with Gasteiger partial charge in [-0.05, 0) is 52.9 Å². The second kappa shape index (κ2) is 10.5. The highest BCUT2D eigenvalue weighted by Gasteiger charge is 2.09. The lowest BCUT2D eigenvalue weighted by Gasteiger charge is -2.16. The van der Waals surface area contributed by atoms with Crippen molar-refractivity contribution in [2.75, 3.05) is 20.1 Å². The topological polar surface area (TPSA) is 75.4 Å². The van der Waals surface area contributed by atoms with E-state index in [0.717, 1.165) is 16.7 Å². The summed E-state index contributed by atoms with van der Waals surface area (Å²) in [7, 11) is 1.72. The number of halogens is 1. The Balaban J connectivity index is 1.60. The van der Waals surface area contributed by atoms with Gasteiger partial charge in [0.2, 0.25) is 5.91 Å². The molecular weight excluding hydrogens is 393 g/mol. The number of nitrogens with zero attached hydrogens (tertiary/aromatic N) is 1. The van der Waals surface area contributed by atoms with Crippen LogP contribution in [0.1, 0.15) is 21.5 Å². The van der Waals surface area contributed by atoms with E-state index in [0.29, 0.717) is 30.6 Å². The number of carbonyl (C=O) groups excluding carboxylic acids is 2. The Morgan fingerprint density at radius 3 is 2.42 bits per heavy atom. The lowest BCUT2D eigenvalue weighted by Crippen LogP contribution is -2.32. The molecule has 31 heavy (non-hydrogen) atoms. The molecule has 0 aliphatic carbocycles. The zero-order valence-electron chi connectivity index (χ0n) is 17.5. The normalized spacial score (nSPS) is 10.5. The fraction of sp³-hybridized carbons (Fsp3) is 0.200. The van der Waals surface area contributed by atoms with Crippen LogP contribution in [-0.4, -0.2) is 36.9 Å². The van der Waals surface area contributed by atoms with E-state index < -0.39 is 0 Å². The first-order valence-corrected chi connectivity index (χ1v) is 10.1. The van der Waals surface area contributed by atoms with E-state index in [9.17, 15) is 14.0 Å². The molecule has 3 N–H and O–H groups in total. The Hall–Kier alpha value is -3.51. The van der Waals surface area contributed by atoms with Gasteiger partial charge in [-0.25, -0.2) is 4.39 Å². The summed E-state index contributed by atoms with van der Waals surface area (Å²) in [5.74, 6) is -0.573. The smallest absolute Gasteiger partial charge is 0.251 e. The lowest BCUT2D eigenvalue weighted by molar-refractivity contribution is -0.128. The van der Waals surface area contributed by atoms with E-state index in [1.54, 1.807) is 42.3 Å². The highest BCUT2D eigenvalue weighted by molar-refractivity contribution is 5.94. The number of nitrogens with two attached hydrogens (primary N) is 1. The van der Waals surface area contributed by atoms with Crippen LogP contribution in [0.5, 0.6) is 0 Å². The molecule has 0 radical (unpaired) electrons. The molecule has 0 bridgehead atoms. The molecule has 0 unspecified atom stereocenters. The van der Waals surface area contributed by atoms with E-state index in [1.807, 2.05) is 36.4 Å². The van der Waals surface area contributed by atoms with Crippen molar-refractivity contribution < 1.29 is 14.0 Å². The first kappa shape index (κ1) is 22.2. The van der Waals surface area contributed by atoms with Crippen molar-refractivity contribution in [3.05, 3.63) is 95.3 Å². The molecule has 160 valence electrons. The standard InChI is InChI=1S/C25H26FN3O2/c1-29(24(30)16-27)17-18-5-4-7-22(15-18)19-9-11-21(12-10-19)25(31)28-14-13-20-6-2-3-8-23(20)26/h2-12,15H,13-14,16-17,27H2,1H3,(H,28,31). The maximum Gasteiger partial charge on any atom is 0.251 e. The third-order valence-electron chi connectivity index (χ3n) is 5.07. The van der Waals surface area contributed by atoms with Gasteiger partial charge in [-0.15, -0.1) is 0 Å². The van der Waals surface area contributed by atoms with Crippen LogP contribution in [0, 0.1) is 5.82 Å². The van der Waals surface area contributed by atoms with Gasteiger partial charge in [0.15, 0.2) is 0 Å². The summed E-state index contributed by atoms with van der Waals surface area (Å²) in [5.41, 5.74) is 9.50. The van der Waals surface area contributed by atoms with E-state index in [1.165, 1.54) is 6.07 Å². The Morgan fingerprint density at radius 1 is 0.968 bits per heavy atom. The summed E-state index contributed by atoms with van der Waals surface area (Å²) in [6.07, 6.45) is 0.435. The fourth-order valence-electron chi connectivity index (χ4n) is 3.30. The number of benzene rings is 3. The van der Waals surface area contributed by atoms with Crippen molar-refractivity contribution in [1.29, 1.82) is 0 Å². The van der Waals surface area contributed by atoms with E-state index in [-0.39, 0.29) is 24.2 Å². The SMILES string of the molecule is CN(Cc1cccc(-c2ccc(C(=O)NCCc3ccccc3F)cc2)c1)C(=O)CN. The molecule has 0 aromatic heterocycles. The van der Waals surface area contributed by atoms with Crippen molar-refractivity contribution in [2.45, 2.75) is 13.0 Å². The molecule has 3 aromatic carbocycles. The van der Waals surface area contributed by atoms with Crippen LogP contribution < -0.4 is 11.1 Å². The summed E-state index contributed by atoms with van der Waals surface area (Å²) in [6, 6.07) is 21.8. The van der Waals surface area contributed by atoms with E-state index >= 15 is 0 Å². The molecule has 0 aliphatic heterocycles. The van der Waals surface area contributed by atoms with Crippen LogP contribution in [0.3, 0.4) is 0 Å². The molecular formula is C25H26FN3O2. The summed E-state index contributed by atoms with van der Waals surface area (Å²) in [5, 5.41) is 2.83. The third-order valence-corrected chi connectivity index (χ3v) is 5.07. The molecule has 0 heterocycles. The van der Waals surface area contributed by atoms with Crippen molar-refractivity contribution in [1.82, 2.24) is 10.2 Å². The van der Waals surface area contributed by atoms with Gasteiger partial charge in [0, 0.05) is 25.7 Å². The number of likely N-dealkylation sites (N-methyl/N-ethyl adjacent to an activating group) is 1. The van der Waals surface area contributed by atoms with Crippen molar-refractivity contribution in [3.8, 4) is 11.1 Å². The highest BCUT2D eigenvalue weighted by atomic mass is 19.1. The van der Waals surface area contributed by atoms with Crippen LogP contribution in [-0.2, 0) is 17.8 Å². The van der Waals surface area contributed by atoms with E-state index in [4.69, 9.17) is 5.73 Å². The van der Waals surface area contributed by atoms with Crippen LogP contribution in [0.2, 0.25) is 0 Å². The molecule has 2 amide bonds. The van der Waals surface area contributed by atoms with Gasteiger partial charge >= 0.3 is 0 Å². The first-order chi connectivity index (χ1) is 15.0. The van der Waals surface area contributed by atoms with Gasteiger partial charge < -0.3 is 16.0 Å². The molecule has 5 nitrogen and oxygen atoms in total. The molecule has 3 rings (SSSR count). The number of rotatable bonds is 8. The second-order valence-electron chi connectivity index (χ2n) is 7.33. The van der Waals surface area contributed by atoms with Gasteiger partial charge in [-0.1, -0.05) is 48.5 Å². The van der Waals surface area contributed by atoms with Gasteiger partial charge in [0.05, 0.1) is 6.54 Å². The maximum atomic E-state index is 13.7. The summed E-state index contributed by atoms with van der Waals surface area (Å²) in [6.45, 7) is 0.824. The average Bonchev–Trinajstić information content (AvgIpc) is 2.80. The third kappa shape index (κ3) is 5.99. The second-order valence-corrected chi connectivity index (χ2v) is 7.33. The first-order valence-electron chi connectivity index (χ1n) is 10.1. The summed E-state index contributed by atoms with van der Waals surface area (Å²) < 4.78 is 13.7. The number of carbonyl (C=O) groups is 2. The monoisotopic (exact) mass is 419 g/mol. The Kier molecular flexibility index (Phi) is 7.51. The predicted octanol–water partition coefficient (Wildman–Crippen LogP) is 3.38. The minimum atomic E-state index is -0.262. The van der Waals surface area contributed by atoms with Crippen LogP contribution in [0.15, 0.2) is 72.8 Å². The molecule has 0 aliphatic rings.